The molecule has 2 unspecified atom stereocenters. The number of ketones is 1. The molecule has 0 saturated carbocycles. The number of nitrogens with zero attached hydrogens (tertiary/aromatic N) is 1. The van der Waals surface area contributed by atoms with Crippen molar-refractivity contribution in [1.29, 1.82) is 0 Å². The zero-order chi connectivity index (χ0) is 16.0. The largest absolute Gasteiger partial charge is 0.304 e. The molecule has 2 atom stereocenters. The highest BCUT2D eigenvalue weighted by Crippen LogP contribution is 2.45. The topological polar surface area (TPSA) is 41.5 Å². The van der Waals surface area contributed by atoms with Gasteiger partial charge in [0.05, 0.1) is 22.0 Å². The van der Waals surface area contributed by atoms with Crippen LogP contribution in [0.5, 0.6) is 0 Å². The molecule has 0 aromatic heterocycles. The van der Waals surface area contributed by atoms with Gasteiger partial charge in [0.15, 0.2) is 5.78 Å². The average Bonchev–Trinajstić information content (AvgIpc) is 2.56. The maximum absolute atomic E-state index is 13.6. The summed E-state index contributed by atoms with van der Waals surface area (Å²) in [4.78, 5) is 17.4. The van der Waals surface area contributed by atoms with E-state index < -0.39 is 0 Å². The minimum Gasteiger partial charge on any atom is -0.304 e. The SMILES string of the molecule is O=C1CNCC2=C1C(c1ccc(F)c(Br)c1)C1SCCCC1=N2. The fraction of sp³-hybridized carbons (Fsp3) is 0.412. The third-order valence-corrected chi connectivity index (χ3v) is 6.62. The predicted molar refractivity (Wildman–Crippen MR) is 94.7 cm³/mol. The van der Waals surface area contributed by atoms with Gasteiger partial charge in [-0.3, -0.25) is 9.79 Å². The van der Waals surface area contributed by atoms with Gasteiger partial charge in [0, 0.05) is 23.7 Å². The van der Waals surface area contributed by atoms with Crippen molar-refractivity contribution in [3.63, 3.8) is 0 Å². The third kappa shape index (κ3) is 2.71. The molecule has 1 aromatic carbocycles. The monoisotopic (exact) mass is 394 g/mol. The molecular weight excluding hydrogens is 379 g/mol. The number of aliphatic imine (C=N–C) groups is 1. The van der Waals surface area contributed by atoms with Gasteiger partial charge in [-0.1, -0.05) is 6.07 Å². The fourth-order valence-corrected chi connectivity index (χ4v) is 5.39. The van der Waals surface area contributed by atoms with E-state index in [2.05, 4.69) is 21.2 Å². The summed E-state index contributed by atoms with van der Waals surface area (Å²) in [5.41, 5.74) is 3.88. The van der Waals surface area contributed by atoms with Crippen LogP contribution in [0, 0.1) is 5.82 Å². The van der Waals surface area contributed by atoms with E-state index in [4.69, 9.17) is 4.99 Å². The van der Waals surface area contributed by atoms with Crippen molar-refractivity contribution in [2.75, 3.05) is 18.8 Å². The van der Waals surface area contributed by atoms with Crippen LogP contribution in [0.3, 0.4) is 0 Å². The van der Waals surface area contributed by atoms with Gasteiger partial charge in [-0.2, -0.15) is 11.8 Å². The Hall–Kier alpha value is -0.980. The highest BCUT2D eigenvalue weighted by molar-refractivity contribution is 9.10. The van der Waals surface area contributed by atoms with Crippen LogP contribution in [-0.4, -0.2) is 35.6 Å². The van der Waals surface area contributed by atoms with E-state index >= 15 is 0 Å². The van der Waals surface area contributed by atoms with Crippen molar-refractivity contribution in [3.8, 4) is 0 Å². The average molecular weight is 395 g/mol. The highest BCUT2D eigenvalue weighted by atomic mass is 79.9. The Balaban J connectivity index is 1.86. The molecule has 0 radical (unpaired) electrons. The highest BCUT2D eigenvalue weighted by Gasteiger charge is 2.41. The Bertz CT molecular complexity index is 746. The van der Waals surface area contributed by atoms with Crippen LogP contribution in [0.1, 0.15) is 24.3 Å². The molecule has 1 aromatic rings. The van der Waals surface area contributed by atoms with Gasteiger partial charge in [0.2, 0.25) is 0 Å². The van der Waals surface area contributed by atoms with Gasteiger partial charge < -0.3 is 5.32 Å². The lowest BCUT2D eigenvalue weighted by atomic mass is 9.79. The van der Waals surface area contributed by atoms with Crippen molar-refractivity contribution in [1.82, 2.24) is 5.32 Å². The van der Waals surface area contributed by atoms with Crippen LogP contribution in [0.2, 0.25) is 0 Å². The first kappa shape index (κ1) is 15.5. The molecular formula is C17H16BrFN2OS. The second kappa shape index (κ2) is 6.15. The summed E-state index contributed by atoms with van der Waals surface area (Å²) in [5.74, 6) is 0.901. The Morgan fingerprint density at radius 2 is 2.22 bits per heavy atom. The van der Waals surface area contributed by atoms with Crippen molar-refractivity contribution in [2.24, 2.45) is 4.99 Å². The summed E-state index contributed by atoms with van der Waals surface area (Å²) in [6.07, 6.45) is 2.12. The molecule has 4 rings (SSSR count). The standard InChI is InChI=1S/C17H16BrFN2OS/c18-10-6-9(3-4-11(10)19)15-16-13(7-20-8-14(16)22)21-12-2-1-5-23-17(12)15/h3-4,6,15,17,20H,1-2,5,7-8H2. The first-order valence-corrected chi connectivity index (χ1v) is 9.60. The summed E-state index contributed by atoms with van der Waals surface area (Å²) in [6.45, 7) is 1.00. The number of nitrogens with one attached hydrogen (secondary N) is 1. The smallest absolute Gasteiger partial charge is 0.175 e. The van der Waals surface area contributed by atoms with E-state index in [1.807, 2.05) is 23.9 Å². The van der Waals surface area contributed by atoms with Crippen molar-refractivity contribution in [3.05, 3.63) is 45.3 Å². The lowest BCUT2D eigenvalue weighted by molar-refractivity contribution is -0.115. The van der Waals surface area contributed by atoms with Gasteiger partial charge in [-0.15, -0.1) is 0 Å². The minimum absolute atomic E-state index is 0.0192. The van der Waals surface area contributed by atoms with E-state index in [-0.39, 0.29) is 22.8 Å². The van der Waals surface area contributed by atoms with Gasteiger partial charge in [-0.05, 0) is 52.2 Å². The van der Waals surface area contributed by atoms with E-state index in [0.29, 0.717) is 17.6 Å². The van der Waals surface area contributed by atoms with Crippen LogP contribution < -0.4 is 5.32 Å². The Morgan fingerprint density at radius 3 is 3.04 bits per heavy atom. The number of hydrogen-bond donors (Lipinski definition) is 1. The maximum atomic E-state index is 13.6. The van der Waals surface area contributed by atoms with Crippen LogP contribution in [-0.2, 0) is 4.79 Å². The van der Waals surface area contributed by atoms with Gasteiger partial charge in [-0.25, -0.2) is 4.39 Å². The van der Waals surface area contributed by atoms with Crippen LogP contribution in [0.25, 0.3) is 0 Å². The second-order valence-electron chi connectivity index (χ2n) is 6.04. The number of benzene rings is 1. The second-order valence-corrected chi connectivity index (χ2v) is 8.14. The molecule has 120 valence electrons. The molecule has 6 heteroatoms. The number of Topliss-reactive ketones (excluding diaryl/α,β-unsaturated/α-hetero) is 1. The first-order chi connectivity index (χ1) is 11.1. The molecule has 23 heavy (non-hydrogen) atoms. The number of thioether (sulfide) groups is 1. The van der Waals surface area contributed by atoms with Crippen LogP contribution in [0.4, 0.5) is 4.39 Å². The Morgan fingerprint density at radius 1 is 1.35 bits per heavy atom. The summed E-state index contributed by atoms with van der Waals surface area (Å²) in [6, 6.07) is 5.10. The molecule has 3 nitrogen and oxygen atoms in total. The number of rotatable bonds is 1. The normalized spacial score (nSPS) is 27.4. The Kier molecular flexibility index (Phi) is 4.15. The zero-order valence-corrected chi connectivity index (χ0v) is 14.8. The zero-order valence-electron chi connectivity index (χ0n) is 12.4. The number of halogens is 2. The molecule has 3 heterocycles. The van der Waals surface area contributed by atoms with E-state index in [1.54, 1.807) is 0 Å². The number of carbonyl (C=O) groups excluding carboxylic acids is 1. The molecule has 1 N–H and O–H groups in total. The van der Waals surface area contributed by atoms with Gasteiger partial charge >= 0.3 is 0 Å². The van der Waals surface area contributed by atoms with E-state index in [9.17, 15) is 9.18 Å². The van der Waals surface area contributed by atoms with Gasteiger partial charge in [0.1, 0.15) is 5.82 Å². The number of carbonyl (C=O) groups is 1. The predicted octanol–water partition coefficient (Wildman–Crippen LogP) is 3.45. The molecule has 3 aliphatic rings. The number of fused-ring (bicyclic) bond motifs is 1. The van der Waals surface area contributed by atoms with E-state index in [1.165, 1.54) is 11.8 Å². The molecule has 3 aliphatic heterocycles. The molecule has 0 spiro atoms. The lowest BCUT2D eigenvalue weighted by Crippen LogP contribution is -2.42. The molecule has 0 amide bonds. The van der Waals surface area contributed by atoms with Crippen molar-refractivity contribution >= 4 is 39.2 Å². The van der Waals surface area contributed by atoms with Crippen LogP contribution >= 0.6 is 27.7 Å². The fourth-order valence-electron chi connectivity index (χ4n) is 3.58. The molecule has 1 fully saturated rings. The summed E-state index contributed by atoms with van der Waals surface area (Å²) in [7, 11) is 0. The van der Waals surface area contributed by atoms with E-state index in [0.717, 1.165) is 35.4 Å². The quantitative estimate of drug-likeness (QED) is 0.792. The molecule has 1 saturated heterocycles. The van der Waals surface area contributed by atoms with Crippen molar-refractivity contribution < 1.29 is 9.18 Å². The first-order valence-electron chi connectivity index (χ1n) is 7.76. The maximum Gasteiger partial charge on any atom is 0.175 e. The summed E-state index contributed by atoms with van der Waals surface area (Å²) in [5, 5.41) is 3.33. The lowest BCUT2D eigenvalue weighted by Gasteiger charge is -2.38. The molecule has 0 aliphatic carbocycles. The number of hydrogen-bond acceptors (Lipinski definition) is 4. The van der Waals surface area contributed by atoms with Crippen LogP contribution in [0.15, 0.2) is 38.9 Å². The minimum atomic E-state index is -0.277. The Labute approximate surface area is 147 Å². The summed E-state index contributed by atoms with van der Waals surface area (Å²) >= 11 is 5.15. The summed E-state index contributed by atoms with van der Waals surface area (Å²) < 4.78 is 14.1. The third-order valence-electron chi connectivity index (χ3n) is 4.59. The van der Waals surface area contributed by atoms with Gasteiger partial charge in [0.25, 0.3) is 0 Å². The molecule has 0 bridgehead atoms. The van der Waals surface area contributed by atoms with Crippen molar-refractivity contribution in [2.45, 2.75) is 24.0 Å².